The zero-order valence-corrected chi connectivity index (χ0v) is 10.7. The van der Waals surface area contributed by atoms with E-state index in [-0.39, 0.29) is 5.56 Å². The maximum absolute atomic E-state index is 11.3. The summed E-state index contributed by atoms with van der Waals surface area (Å²) in [4.78, 5) is 18.1. The number of H-pyrrole nitrogens is 1. The first kappa shape index (κ1) is 12.4. The third kappa shape index (κ3) is 3.20. The Labute approximate surface area is 106 Å². The normalized spacial score (nSPS) is 10.3. The van der Waals surface area contributed by atoms with Crippen LogP contribution in [-0.2, 0) is 13.0 Å². The Kier molecular flexibility index (Phi) is 3.77. The van der Waals surface area contributed by atoms with Gasteiger partial charge in [-0.15, -0.1) is 0 Å². The van der Waals surface area contributed by atoms with Crippen LogP contribution >= 0.6 is 0 Å². The van der Waals surface area contributed by atoms with Crippen molar-refractivity contribution in [2.75, 3.05) is 5.32 Å². The Morgan fingerprint density at radius 2 is 1.89 bits per heavy atom. The van der Waals surface area contributed by atoms with Crippen LogP contribution in [0.4, 0.5) is 5.82 Å². The number of nitrogens with one attached hydrogen (secondary N) is 2. The standard InChI is InChI=1S/C14H17N3O/c1-3-11-4-6-12(7-5-11)9-15-13-8-14(18)17-10(2)16-13/h4-8H,3,9H2,1-2H3,(H2,15,16,17,18). The van der Waals surface area contributed by atoms with Gasteiger partial charge in [0.2, 0.25) is 0 Å². The van der Waals surface area contributed by atoms with Gasteiger partial charge in [0.05, 0.1) is 0 Å². The number of aromatic amines is 1. The summed E-state index contributed by atoms with van der Waals surface area (Å²) in [6, 6.07) is 9.88. The van der Waals surface area contributed by atoms with Crippen molar-refractivity contribution in [2.24, 2.45) is 0 Å². The Hall–Kier alpha value is -2.10. The van der Waals surface area contributed by atoms with Crippen LogP contribution in [0.3, 0.4) is 0 Å². The van der Waals surface area contributed by atoms with E-state index in [0.717, 1.165) is 6.42 Å². The highest BCUT2D eigenvalue weighted by atomic mass is 16.1. The van der Waals surface area contributed by atoms with Crippen LogP contribution in [0.25, 0.3) is 0 Å². The van der Waals surface area contributed by atoms with E-state index in [9.17, 15) is 4.79 Å². The monoisotopic (exact) mass is 243 g/mol. The SMILES string of the molecule is CCc1ccc(CNc2cc(=O)[nH]c(C)n2)cc1. The molecule has 0 saturated heterocycles. The first-order valence-electron chi connectivity index (χ1n) is 6.07. The molecule has 0 spiro atoms. The molecule has 0 saturated carbocycles. The van der Waals surface area contributed by atoms with Gasteiger partial charge in [-0.05, 0) is 24.5 Å². The number of hydrogen-bond donors (Lipinski definition) is 2. The molecule has 0 aliphatic rings. The fourth-order valence-electron chi connectivity index (χ4n) is 1.76. The van der Waals surface area contributed by atoms with Gasteiger partial charge in [-0.1, -0.05) is 31.2 Å². The van der Waals surface area contributed by atoms with Crippen molar-refractivity contribution in [3.05, 3.63) is 57.6 Å². The zero-order chi connectivity index (χ0) is 13.0. The lowest BCUT2D eigenvalue weighted by Crippen LogP contribution is -2.11. The van der Waals surface area contributed by atoms with E-state index >= 15 is 0 Å². The van der Waals surface area contributed by atoms with E-state index in [1.165, 1.54) is 17.2 Å². The van der Waals surface area contributed by atoms with Crippen molar-refractivity contribution in [2.45, 2.75) is 26.8 Å². The Balaban J connectivity index is 2.04. The molecule has 4 nitrogen and oxygen atoms in total. The fraction of sp³-hybridized carbons (Fsp3) is 0.286. The van der Waals surface area contributed by atoms with E-state index in [4.69, 9.17) is 0 Å². The number of anilines is 1. The van der Waals surface area contributed by atoms with Crippen molar-refractivity contribution in [1.29, 1.82) is 0 Å². The van der Waals surface area contributed by atoms with Crippen molar-refractivity contribution in [3.63, 3.8) is 0 Å². The van der Waals surface area contributed by atoms with Gasteiger partial charge >= 0.3 is 0 Å². The third-order valence-corrected chi connectivity index (χ3v) is 2.76. The third-order valence-electron chi connectivity index (χ3n) is 2.76. The first-order chi connectivity index (χ1) is 8.67. The van der Waals surface area contributed by atoms with Gasteiger partial charge in [0.25, 0.3) is 5.56 Å². The molecule has 0 bridgehead atoms. The molecule has 0 atom stereocenters. The van der Waals surface area contributed by atoms with Crippen molar-refractivity contribution >= 4 is 5.82 Å². The van der Waals surface area contributed by atoms with Gasteiger partial charge in [-0.25, -0.2) is 4.98 Å². The minimum atomic E-state index is -0.133. The van der Waals surface area contributed by atoms with Crippen molar-refractivity contribution < 1.29 is 0 Å². The lowest BCUT2D eigenvalue weighted by Gasteiger charge is -2.06. The topological polar surface area (TPSA) is 57.8 Å². The van der Waals surface area contributed by atoms with Gasteiger partial charge in [0, 0.05) is 12.6 Å². The summed E-state index contributed by atoms with van der Waals surface area (Å²) in [6.45, 7) is 4.57. The summed E-state index contributed by atoms with van der Waals surface area (Å²) in [5.41, 5.74) is 2.36. The maximum Gasteiger partial charge on any atom is 0.252 e. The molecular weight excluding hydrogens is 226 g/mol. The molecule has 0 radical (unpaired) electrons. The largest absolute Gasteiger partial charge is 0.366 e. The van der Waals surface area contributed by atoms with E-state index in [1.807, 2.05) is 0 Å². The minimum absolute atomic E-state index is 0.133. The van der Waals surface area contributed by atoms with Gasteiger partial charge in [0.1, 0.15) is 11.6 Å². The molecule has 0 unspecified atom stereocenters. The van der Waals surface area contributed by atoms with E-state index in [0.29, 0.717) is 18.2 Å². The van der Waals surface area contributed by atoms with Crippen molar-refractivity contribution in [1.82, 2.24) is 9.97 Å². The van der Waals surface area contributed by atoms with E-state index in [2.05, 4.69) is 46.5 Å². The second-order valence-electron chi connectivity index (χ2n) is 4.24. The summed E-state index contributed by atoms with van der Waals surface area (Å²) in [5.74, 6) is 1.22. The Bertz CT molecular complexity index is 572. The van der Waals surface area contributed by atoms with Crippen LogP contribution in [0.2, 0.25) is 0 Å². The van der Waals surface area contributed by atoms with Crippen LogP contribution in [0.5, 0.6) is 0 Å². The molecule has 4 heteroatoms. The molecule has 0 amide bonds. The smallest absolute Gasteiger partial charge is 0.252 e. The highest BCUT2D eigenvalue weighted by Gasteiger charge is 1.98. The van der Waals surface area contributed by atoms with E-state index in [1.54, 1.807) is 6.92 Å². The maximum atomic E-state index is 11.3. The average molecular weight is 243 g/mol. The Morgan fingerprint density at radius 1 is 1.22 bits per heavy atom. The summed E-state index contributed by atoms with van der Waals surface area (Å²) in [6.07, 6.45) is 1.04. The van der Waals surface area contributed by atoms with Crippen LogP contribution in [0, 0.1) is 6.92 Å². The predicted octanol–water partition coefficient (Wildman–Crippen LogP) is 2.25. The number of rotatable bonds is 4. The molecule has 0 fully saturated rings. The zero-order valence-electron chi connectivity index (χ0n) is 10.7. The second kappa shape index (κ2) is 5.49. The number of aromatic nitrogens is 2. The summed E-state index contributed by atoms with van der Waals surface area (Å²) in [7, 11) is 0. The number of aryl methyl sites for hydroxylation is 2. The quantitative estimate of drug-likeness (QED) is 0.866. The summed E-state index contributed by atoms with van der Waals surface area (Å²) >= 11 is 0. The van der Waals surface area contributed by atoms with Gasteiger partial charge in [0.15, 0.2) is 0 Å². The van der Waals surface area contributed by atoms with E-state index < -0.39 is 0 Å². The first-order valence-corrected chi connectivity index (χ1v) is 6.07. The fourth-order valence-corrected chi connectivity index (χ4v) is 1.76. The molecule has 0 aliphatic carbocycles. The second-order valence-corrected chi connectivity index (χ2v) is 4.24. The Morgan fingerprint density at radius 3 is 2.50 bits per heavy atom. The number of benzene rings is 1. The molecule has 1 aromatic heterocycles. The molecule has 2 aromatic rings. The number of nitrogens with zero attached hydrogens (tertiary/aromatic N) is 1. The highest BCUT2D eigenvalue weighted by molar-refractivity contribution is 5.35. The van der Waals surface area contributed by atoms with Gasteiger partial charge in [-0.2, -0.15) is 0 Å². The van der Waals surface area contributed by atoms with Crippen LogP contribution < -0.4 is 10.9 Å². The number of hydrogen-bond acceptors (Lipinski definition) is 3. The lowest BCUT2D eigenvalue weighted by molar-refractivity contribution is 0.996. The summed E-state index contributed by atoms with van der Waals surface area (Å²) in [5, 5.41) is 3.15. The summed E-state index contributed by atoms with van der Waals surface area (Å²) < 4.78 is 0. The highest BCUT2D eigenvalue weighted by Crippen LogP contribution is 2.07. The van der Waals surface area contributed by atoms with Crippen LogP contribution in [0.15, 0.2) is 35.1 Å². The minimum Gasteiger partial charge on any atom is -0.366 e. The molecule has 0 aliphatic heterocycles. The molecule has 2 rings (SSSR count). The van der Waals surface area contributed by atoms with Crippen molar-refractivity contribution in [3.8, 4) is 0 Å². The molecule has 18 heavy (non-hydrogen) atoms. The average Bonchev–Trinajstić information content (AvgIpc) is 2.36. The van der Waals surface area contributed by atoms with Crippen LogP contribution in [-0.4, -0.2) is 9.97 Å². The molecule has 1 aromatic carbocycles. The molecule has 2 N–H and O–H groups in total. The van der Waals surface area contributed by atoms with Gasteiger partial charge in [-0.3, -0.25) is 4.79 Å². The van der Waals surface area contributed by atoms with Gasteiger partial charge < -0.3 is 10.3 Å². The molecule has 1 heterocycles. The van der Waals surface area contributed by atoms with Crippen LogP contribution in [0.1, 0.15) is 23.9 Å². The molecule has 94 valence electrons. The predicted molar refractivity (Wildman–Crippen MR) is 72.7 cm³/mol. The molecular formula is C14H17N3O. The lowest BCUT2D eigenvalue weighted by atomic mass is 10.1.